The molecule has 4 heteroatoms. The van der Waals surface area contributed by atoms with Gasteiger partial charge in [-0.15, -0.1) is 0 Å². The van der Waals surface area contributed by atoms with Crippen LogP contribution in [-0.4, -0.2) is 19.3 Å². The summed E-state index contributed by atoms with van der Waals surface area (Å²) in [5, 5.41) is 0. The summed E-state index contributed by atoms with van der Waals surface area (Å²) in [7, 11) is 0. The molecule has 0 aromatic heterocycles. The van der Waals surface area contributed by atoms with Gasteiger partial charge in [0, 0.05) is 6.42 Å². The summed E-state index contributed by atoms with van der Waals surface area (Å²) in [6, 6.07) is 10.1. The van der Waals surface area contributed by atoms with E-state index in [9.17, 15) is 0 Å². The van der Waals surface area contributed by atoms with Crippen LogP contribution in [0.2, 0.25) is 0 Å². The van der Waals surface area contributed by atoms with Crippen LogP contribution in [0, 0.1) is 0 Å². The Kier molecular flexibility index (Phi) is 4.55. The minimum absolute atomic E-state index is 0.0428. The van der Waals surface area contributed by atoms with Crippen LogP contribution in [-0.2, 0) is 16.1 Å². The molecule has 0 spiro atoms. The molecular weight excluding hydrogens is 216 g/mol. The molecular formula is C13H18N2O2. The number of ether oxygens (including phenoxy) is 2. The van der Waals surface area contributed by atoms with E-state index in [-0.39, 0.29) is 6.04 Å². The van der Waals surface area contributed by atoms with E-state index in [2.05, 4.69) is 5.43 Å². The van der Waals surface area contributed by atoms with Crippen LogP contribution < -0.4 is 11.3 Å². The molecule has 0 saturated carbocycles. The van der Waals surface area contributed by atoms with Crippen LogP contribution in [0.25, 0.3) is 0 Å². The third-order valence-electron chi connectivity index (χ3n) is 2.79. The summed E-state index contributed by atoms with van der Waals surface area (Å²) in [5.74, 6) is 5.51. The minimum atomic E-state index is 0.0428. The molecule has 1 aromatic carbocycles. The first kappa shape index (κ1) is 12.1. The van der Waals surface area contributed by atoms with Gasteiger partial charge in [0.1, 0.15) is 0 Å². The van der Waals surface area contributed by atoms with Gasteiger partial charge in [-0.25, -0.2) is 0 Å². The lowest BCUT2D eigenvalue weighted by molar-refractivity contribution is 0.106. The lowest BCUT2D eigenvalue weighted by Crippen LogP contribution is -2.39. The van der Waals surface area contributed by atoms with Crippen LogP contribution in [0.15, 0.2) is 42.2 Å². The molecule has 0 aliphatic carbocycles. The van der Waals surface area contributed by atoms with Crippen LogP contribution in [0.4, 0.5) is 0 Å². The first-order valence-electron chi connectivity index (χ1n) is 5.78. The molecule has 0 bridgehead atoms. The summed E-state index contributed by atoms with van der Waals surface area (Å²) < 4.78 is 10.8. The molecule has 1 heterocycles. The maximum atomic E-state index is 5.65. The van der Waals surface area contributed by atoms with Crippen molar-refractivity contribution in [2.75, 3.05) is 13.2 Å². The Morgan fingerprint density at radius 3 is 2.82 bits per heavy atom. The molecule has 3 N–H and O–H groups in total. The summed E-state index contributed by atoms with van der Waals surface area (Å²) in [6.07, 6.45) is 2.69. The van der Waals surface area contributed by atoms with Crippen LogP contribution in [0.5, 0.6) is 0 Å². The van der Waals surface area contributed by atoms with Crippen molar-refractivity contribution in [3.63, 3.8) is 0 Å². The summed E-state index contributed by atoms with van der Waals surface area (Å²) in [6.45, 7) is 1.90. The van der Waals surface area contributed by atoms with Crippen molar-refractivity contribution in [1.29, 1.82) is 0 Å². The summed E-state index contributed by atoms with van der Waals surface area (Å²) in [5.41, 5.74) is 5.09. The predicted octanol–water partition coefficient (Wildman–Crippen LogP) is 1.34. The third-order valence-corrected chi connectivity index (χ3v) is 2.79. The van der Waals surface area contributed by atoms with Crippen molar-refractivity contribution >= 4 is 0 Å². The Labute approximate surface area is 101 Å². The molecule has 1 aliphatic rings. The molecule has 0 amide bonds. The van der Waals surface area contributed by atoms with Gasteiger partial charge in [-0.05, 0) is 11.1 Å². The molecule has 1 aliphatic heterocycles. The van der Waals surface area contributed by atoms with E-state index < -0.39 is 0 Å². The number of benzene rings is 1. The molecule has 0 fully saturated rings. The zero-order valence-electron chi connectivity index (χ0n) is 9.76. The fraction of sp³-hybridized carbons (Fsp3) is 0.385. The molecule has 0 radical (unpaired) electrons. The number of hydrogen-bond acceptors (Lipinski definition) is 4. The van der Waals surface area contributed by atoms with E-state index in [0.29, 0.717) is 13.2 Å². The Bertz CT molecular complexity index is 365. The topological polar surface area (TPSA) is 56.5 Å². The van der Waals surface area contributed by atoms with E-state index >= 15 is 0 Å². The predicted molar refractivity (Wildman–Crippen MR) is 65.9 cm³/mol. The molecule has 0 saturated heterocycles. The van der Waals surface area contributed by atoms with Gasteiger partial charge in [0.05, 0.1) is 32.1 Å². The van der Waals surface area contributed by atoms with Crippen LogP contribution in [0.3, 0.4) is 0 Å². The van der Waals surface area contributed by atoms with Crippen LogP contribution >= 0.6 is 0 Å². The van der Waals surface area contributed by atoms with Gasteiger partial charge in [0.25, 0.3) is 0 Å². The fourth-order valence-corrected chi connectivity index (χ4v) is 1.79. The van der Waals surface area contributed by atoms with E-state index in [1.807, 2.05) is 30.3 Å². The number of nitrogens with one attached hydrogen (secondary N) is 1. The highest BCUT2D eigenvalue weighted by Gasteiger charge is 2.16. The van der Waals surface area contributed by atoms with Crippen molar-refractivity contribution in [2.45, 2.75) is 19.1 Å². The number of hydrazine groups is 1. The maximum Gasteiger partial charge on any atom is 0.0912 e. The molecule has 1 aromatic rings. The maximum absolute atomic E-state index is 5.65. The monoisotopic (exact) mass is 234 g/mol. The number of rotatable bonds is 6. The van der Waals surface area contributed by atoms with Crippen molar-refractivity contribution in [1.82, 2.24) is 5.43 Å². The van der Waals surface area contributed by atoms with E-state index in [1.54, 1.807) is 6.26 Å². The number of hydrogen-bond donors (Lipinski definition) is 2. The van der Waals surface area contributed by atoms with E-state index in [4.69, 9.17) is 15.3 Å². The summed E-state index contributed by atoms with van der Waals surface area (Å²) in [4.78, 5) is 0. The second-order valence-corrected chi connectivity index (χ2v) is 4.03. The molecule has 92 valence electrons. The summed E-state index contributed by atoms with van der Waals surface area (Å²) >= 11 is 0. The highest BCUT2D eigenvalue weighted by Crippen LogP contribution is 2.15. The van der Waals surface area contributed by atoms with Crippen molar-refractivity contribution in [3.05, 3.63) is 47.7 Å². The first-order valence-corrected chi connectivity index (χ1v) is 5.78. The Balaban J connectivity index is 1.77. The highest BCUT2D eigenvalue weighted by molar-refractivity contribution is 5.14. The standard InChI is InChI=1S/C13H18N2O2/c14-15-13(12-6-7-16-9-12)10-17-8-11-4-2-1-3-5-11/h1-5,9,13,15H,6-8,10,14H2. The normalized spacial score (nSPS) is 16.4. The second-order valence-electron chi connectivity index (χ2n) is 4.03. The molecule has 2 rings (SSSR count). The number of nitrogens with two attached hydrogens (primary N) is 1. The van der Waals surface area contributed by atoms with Gasteiger partial charge in [0.2, 0.25) is 0 Å². The third kappa shape index (κ3) is 3.56. The van der Waals surface area contributed by atoms with Gasteiger partial charge >= 0.3 is 0 Å². The largest absolute Gasteiger partial charge is 0.501 e. The Morgan fingerprint density at radius 1 is 1.35 bits per heavy atom. The van der Waals surface area contributed by atoms with Crippen molar-refractivity contribution < 1.29 is 9.47 Å². The van der Waals surface area contributed by atoms with Gasteiger partial charge in [-0.2, -0.15) is 0 Å². The van der Waals surface area contributed by atoms with Crippen LogP contribution in [0.1, 0.15) is 12.0 Å². The lowest BCUT2D eigenvalue weighted by atomic mass is 10.1. The van der Waals surface area contributed by atoms with Gasteiger partial charge in [0.15, 0.2) is 0 Å². The molecule has 17 heavy (non-hydrogen) atoms. The van der Waals surface area contributed by atoms with Crippen molar-refractivity contribution in [2.24, 2.45) is 5.84 Å². The highest BCUT2D eigenvalue weighted by atomic mass is 16.5. The molecule has 1 atom stereocenters. The lowest BCUT2D eigenvalue weighted by Gasteiger charge is -2.16. The first-order chi connectivity index (χ1) is 8.40. The van der Waals surface area contributed by atoms with Gasteiger partial charge in [-0.1, -0.05) is 30.3 Å². The fourth-order valence-electron chi connectivity index (χ4n) is 1.79. The molecule has 1 unspecified atom stereocenters. The van der Waals surface area contributed by atoms with Gasteiger partial charge < -0.3 is 9.47 Å². The Morgan fingerprint density at radius 2 is 2.18 bits per heavy atom. The van der Waals surface area contributed by atoms with Crippen molar-refractivity contribution in [3.8, 4) is 0 Å². The minimum Gasteiger partial charge on any atom is -0.501 e. The Hall–Kier alpha value is -1.36. The zero-order chi connectivity index (χ0) is 11.9. The average molecular weight is 234 g/mol. The van der Waals surface area contributed by atoms with Gasteiger partial charge in [-0.3, -0.25) is 11.3 Å². The second kappa shape index (κ2) is 6.39. The average Bonchev–Trinajstić information content (AvgIpc) is 2.90. The smallest absolute Gasteiger partial charge is 0.0912 e. The van der Waals surface area contributed by atoms with E-state index in [1.165, 1.54) is 11.1 Å². The molecule has 4 nitrogen and oxygen atoms in total. The van der Waals surface area contributed by atoms with E-state index in [0.717, 1.165) is 13.0 Å². The SMILES string of the molecule is NNC(COCc1ccccc1)C1=COCC1. The zero-order valence-corrected chi connectivity index (χ0v) is 9.76. The quantitative estimate of drug-likeness (QED) is 0.576.